The van der Waals surface area contributed by atoms with Crippen molar-refractivity contribution in [2.45, 2.75) is 12.2 Å². The summed E-state index contributed by atoms with van der Waals surface area (Å²) in [5.74, 6) is 0.815. The first-order chi connectivity index (χ1) is 6.36. The van der Waals surface area contributed by atoms with Crippen LogP contribution in [-0.4, -0.2) is 30.4 Å². The molecule has 2 atom stereocenters. The van der Waals surface area contributed by atoms with Gasteiger partial charge in [-0.05, 0) is 12.1 Å². The molecular formula is C10H13NO2. The summed E-state index contributed by atoms with van der Waals surface area (Å²) in [6.07, 6.45) is -0.498. The average molecular weight is 179 g/mol. The van der Waals surface area contributed by atoms with E-state index in [2.05, 4.69) is 5.32 Å². The van der Waals surface area contributed by atoms with Gasteiger partial charge in [0.2, 0.25) is 0 Å². The highest BCUT2D eigenvalue weighted by Gasteiger charge is 2.26. The van der Waals surface area contributed by atoms with Crippen molar-refractivity contribution in [1.82, 2.24) is 5.32 Å². The Hall–Kier alpha value is -1.06. The van der Waals surface area contributed by atoms with Crippen molar-refractivity contribution in [3.05, 3.63) is 30.3 Å². The van der Waals surface area contributed by atoms with Gasteiger partial charge in [-0.15, -0.1) is 0 Å². The quantitative estimate of drug-likeness (QED) is 0.690. The van der Waals surface area contributed by atoms with E-state index in [1.54, 1.807) is 0 Å². The van der Waals surface area contributed by atoms with Crippen LogP contribution in [-0.2, 0) is 0 Å². The summed E-state index contributed by atoms with van der Waals surface area (Å²) in [5.41, 5.74) is 0. The van der Waals surface area contributed by atoms with Crippen molar-refractivity contribution in [3.8, 4) is 5.75 Å². The molecular weight excluding hydrogens is 166 g/mol. The maximum absolute atomic E-state index is 9.46. The molecule has 1 heterocycles. The minimum absolute atomic E-state index is 0.109. The third-order valence-electron chi connectivity index (χ3n) is 2.16. The normalized spacial score (nSPS) is 27.5. The van der Waals surface area contributed by atoms with Crippen LogP contribution in [0.15, 0.2) is 30.3 Å². The average Bonchev–Trinajstić information content (AvgIpc) is 2.54. The molecule has 2 N–H and O–H groups in total. The van der Waals surface area contributed by atoms with E-state index in [0.717, 1.165) is 12.3 Å². The highest BCUT2D eigenvalue weighted by Crippen LogP contribution is 2.14. The number of hydrogen-bond acceptors (Lipinski definition) is 3. The van der Waals surface area contributed by atoms with Crippen molar-refractivity contribution in [3.63, 3.8) is 0 Å². The van der Waals surface area contributed by atoms with Crippen LogP contribution in [0.4, 0.5) is 0 Å². The molecule has 0 aliphatic carbocycles. The Morgan fingerprint density at radius 3 is 2.62 bits per heavy atom. The lowest BCUT2D eigenvalue weighted by atomic mass is 10.2. The van der Waals surface area contributed by atoms with E-state index >= 15 is 0 Å². The number of aliphatic hydroxyl groups excluding tert-OH is 1. The minimum Gasteiger partial charge on any atom is -0.486 e. The third-order valence-corrected chi connectivity index (χ3v) is 2.16. The summed E-state index contributed by atoms with van der Waals surface area (Å²) in [6.45, 7) is 1.34. The Morgan fingerprint density at radius 2 is 2.00 bits per heavy atom. The molecule has 3 nitrogen and oxygen atoms in total. The summed E-state index contributed by atoms with van der Waals surface area (Å²) in [7, 11) is 0. The van der Waals surface area contributed by atoms with E-state index in [0.29, 0.717) is 6.54 Å². The second kappa shape index (κ2) is 3.77. The summed E-state index contributed by atoms with van der Waals surface area (Å²) < 4.78 is 5.58. The fourth-order valence-corrected chi connectivity index (χ4v) is 1.44. The van der Waals surface area contributed by atoms with E-state index in [9.17, 15) is 5.11 Å². The Morgan fingerprint density at radius 1 is 1.23 bits per heavy atom. The number of β-amino-alcohol motifs (C(OH)–C–C–N with tert-alkyl or cyclic N) is 1. The fraction of sp³-hybridized carbons (Fsp3) is 0.400. The predicted octanol–water partition coefficient (Wildman–Crippen LogP) is 0.398. The van der Waals surface area contributed by atoms with Crippen LogP contribution in [0, 0.1) is 0 Å². The van der Waals surface area contributed by atoms with Gasteiger partial charge in [0, 0.05) is 13.1 Å². The van der Waals surface area contributed by atoms with Gasteiger partial charge in [-0.3, -0.25) is 0 Å². The SMILES string of the molecule is O[C@@H]1CNC[C@@H]1Oc1ccccc1. The van der Waals surface area contributed by atoms with Crippen LogP contribution in [0.5, 0.6) is 5.75 Å². The number of nitrogens with one attached hydrogen (secondary N) is 1. The zero-order valence-corrected chi connectivity index (χ0v) is 7.31. The van der Waals surface area contributed by atoms with Gasteiger partial charge in [-0.2, -0.15) is 0 Å². The van der Waals surface area contributed by atoms with E-state index in [-0.39, 0.29) is 12.2 Å². The van der Waals surface area contributed by atoms with Crippen LogP contribution < -0.4 is 10.1 Å². The van der Waals surface area contributed by atoms with Gasteiger partial charge >= 0.3 is 0 Å². The highest BCUT2D eigenvalue weighted by molar-refractivity contribution is 5.21. The smallest absolute Gasteiger partial charge is 0.138 e. The van der Waals surface area contributed by atoms with Crippen molar-refractivity contribution in [2.75, 3.05) is 13.1 Å². The molecule has 1 aromatic rings. The van der Waals surface area contributed by atoms with E-state index < -0.39 is 0 Å². The lowest BCUT2D eigenvalue weighted by Crippen LogP contribution is -2.29. The second-order valence-corrected chi connectivity index (χ2v) is 3.19. The summed E-state index contributed by atoms with van der Waals surface area (Å²) in [6, 6.07) is 9.57. The van der Waals surface area contributed by atoms with Crippen molar-refractivity contribution >= 4 is 0 Å². The van der Waals surface area contributed by atoms with E-state index in [4.69, 9.17) is 4.74 Å². The van der Waals surface area contributed by atoms with Gasteiger partial charge in [-0.1, -0.05) is 18.2 Å². The van der Waals surface area contributed by atoms with Crippen molar-refractivity contribution < 1.29 is 9.84 Å². The molecule has 0 spiro atoms. The molecule has 1 aromatic carbocycles. The molecule has 0 amide bonds. The lowest BCUT2D eigenvalue weighted by Gasteiger charge is -2.15. The molecule has 0 radical (unpaired) electrons. The zero-order chi connectivity index (χ0) is 9.10. The van der Waals surface area contributed by atoms with Crippen LogP contribution in [0.2, 0.25) is 0 Å². The Kier molecular flexibility index (Phi) is 2.47. The largest absolute Gasteiger partial charge is 0.486 e. The van der Waals surface area contributed by atoms with Crippen molar-refractivity contribution in [2.24, 2.45) is 0 Å². The third kappa shape index (κ3) is 1.99. The van der Waals surface area contributed by atoms with Gasteiger partial charge in [0.25, 0.3) is 0 Å². The van der Waals surface area contributed by atoms with Crippen molar-refractivity contribution in [1.29, 1.82) is 0 Å². The molecule has 1 saturated heterocycles. The summed E-state index contributed by atoms with van der Waals surface area (Å²) >= 11 is 0. The zero-order valence-electron chi connectivity index (χ0n) is 7.31. The van der Waals surface area contributed by atoms with Gasteiger partial charge in [0.15, 0.2) is 0 Å². The lowest BCUT2D eigenvalue weighted by molar-refractivity contribution is 0.0738. The van der Waals surface area contributed by atoms with Gasteiger partial charge in [0.05, 0.1) is 0 Å². The number of ether oxygens (including phenoxy) is 1. The molecule has 13 heavy (non-hydrogen) atoms. The molecule has 2 rings (SSSR count). The molecule has 70 valence electrons. The molecule has 0 bridgehead atoms. The van der Waals surface area contributed by atoms with Crippen LogP contribution in [0.25, 0.3) is 0 Å². The maximum atomic E-state index is 9.46. The first-order valence-corrected chi connectivity index (χ1v) is 4.47. The van der Waals surface area contributed by atoms with E-state index in [1.807, 2.05) is 30.3 Å². The van der Waals surface area contributed by atoms with Gasteiger partial charge < -0.3 is 15.2 Å². The molecule has 0 unspecified atom stereocenters. The number of rotatable bonds is 2. The topological polar surface area (TPSA) is 41.5 Å². The molecule has 0 aromatic heterocycles. The first-order valence-electron chi connectivity index (χ1n) is 4.47. The molecule has 1 aliphatic heterocycles. The first kappa shape index (κ1) is 8.53. The minimum atomic E-state index is -0.389. The van der Waals surface area contributed by atoms with Crippen LogP contribution >= 0.6 is 0 Å². The Balaban J connectivity index is 1.98. The standard InChI is InChI=1S/C10H13NO2/c12-9-6-11-7-10(9)13-8-4-2-1-3-5-8/h1-5,9-12H,6-7H2/t9-,10+/m1/s1. The van der Waals surface area contributed by atoms with Crippen LogP contribution in [0.1, 0.15) is 0 Å². The van der Waals surface area contributed by atoms with E-state index in [1.165, 1.54) is 0 Å². The number of benzene rings is 1. The summed E-state index contributed by atoms with van der Waals surface area (Å²) in [5, 5.41) is 12.5. The Labute approximate surface area is 77.3 Å². The fourth-order valence-electron chi connectivity index (χ4n) is 1.44. The molecule has 1 fully saturated rings. The number of hydrogen-bond donors (Lipinski definition) is 2. The monoisotopic (exact) mass is 179 g/mol. The Bertz CT molecular complexity index is 263. The molecule has 0 saturated carbocycles. The second-order valence-electron chi connectivity index (χ2n) is 3.19. The van der Waals surface area contributed by atoms with Crippen LogP contribution in [0.3, 0.4) is 0 Å². The van der Waals surface area contributed by atoms with Gasteiger partial charge in [-0.25, -0.2) is 0 Å². The number of aliphatic hydroxyl groups is 1. The van der Waals surface area contributed by atoms with Gasteiger partial charge in [0.1, 0.15) is 18.0 Å². The molecule has 1 aliphatic rings. The number of para-hydroxylation sites is 1. The predicted molar refractivity (Wildman–Crippen MR) is 49.7 cm³/mol. The summed E-state index contributed by atoms with van der Waals surface area (Å²) in [4.78, 5) is 0. The maximum Gasteiger partial charge on any atom is 0.138 e. The molecule has 3 heteroatoms. The highest BCUT2D eigenvalue weighted by atomic mass is 16.5.